The number of para-hydroxylation sites is 1. The number of hydrogen-bond donors (Lipinski definition) is 0. The summed E-state index contributed by atoms with van der Waals surface area (Å²) >= 11 is 1.57. The van der Waals surface area contributed by atoms with E-state index in [1.165, 1.54) is 0 Å². The highest BCUT2D eigenvalue weighted by atomic mass is 32.2. The van der Waals surface area contributed by atoms with Crippen LogP contribution in [-0.2, 0) is 5.75 Å². The molecule has 1 aliphatic carbocycles. The van der Waals surface area contributed by atoms with Crippen LogP contribution in [0.4, 0.5) is 0 Å². The standard InChI is InChI=1S/C21H21N3O2S/c1-23(2)19(25)15-9-7-14(8-10-15)13-27-21-22-18-6-4-3-5-17(18)20(26)24(21)16-11-12-16/h3-10,16H,11-13H2,1-2H3. The van der Waals surface area contributed by atoms with E-state index in [1.54, 1.807) is 30.8 Å². The lowest BCUT2D eigenvalue weighted by atomic mass is 10.1. The van der Waals surface area contributed by atoms with Gasteiger partial charge >= 0.3 is 0 Å². The van der Waals surface area contributed by atoms with Gasteiger partial charge in [-0.05, 0) is 42.7 Å². The molecule has 3 aromatic rings. The Morgan fingerprint density at radius 3 is 2.52 bits per heavy atom. The Bertz CT molecular complexity index is 1050. The quantitative estimate of drug-likeness (QED) is 0.501. The van der Waals surface area contributed by atoms with Crippen molar-refractivity contribution in [2.24, 2.45) is 0 Å². The Balaban J connectivity index is 1.59. The Morgan fingerprint density at radius 1 is 1.15 bits per heavy atom. The minimum atomic E-state index is -0.00651. The van der Waals surface area contributed by atoms with E-state index >= 15 is 0 Å². The van der Waals surface area contributed by atoms with E-state index in [-0.39, 0.29) is 17.5 Å². The maximum atomic E-state index is 12.9. The van der Waals surface area contributed by atoms with E-state index in [0.29, 0.717) is 16.7 Å². The number of rotatable bonds is 5. The topological polar surface area (TPSA) is 55.2 Å². The lowest BCUT2D eigenvalue weighted by Crippen LogP contribution is -2.22. The van der Waals surface area contributed by atoms with Gasteiger partial charge in [-0.1, -0.05) is 36.0 Å². The van der Waals surface area contributed by atoms with Gasteiger partial charge < -0.3 is 4.90 Å². The normalized spacial score (nSPS) is 13.7. The Kier molecular flexibility index (Phi) is 4.74. The molecule has 1 aliphatic rings. The summed E-state index contributed by atoms with van der Waals surface area (Å²) in [7, 11) is 3.49. The third-order valence-electron chi connectivity index (χ3n) is 4.66. The minimum absolute atomic E-state index is 0.00651. The molecule has 0 radical (unpaired) electrons. The number of carbonyl (C=O) groups excluding carboxylic acids is 1. The van der Waals surface area contributed by atoms with Gasteiger partial charge in [-0.2, -0.15) is 0 Å². The molecule has 6 heteroatoms. The number of carbonyl (C=O) groups is 1. The van der Waals surface area contributed by atoms with Gasteiger partial charge in [0, 0.05) is 31.5 Å². The predicted octanol–water partition coefficient (Wildman–Crippen LogP) is 3.73. The van der Waals surface area contributed by atoms with E-state index in [0.717, 1.165) is 29.1 Å². The number of hydrogen-bond acceptors (Lipinski definition) is 4. The van der Waals surface area contributed by atoms with Crippen molar-refractivity contribution < 1.29 is 4.79 Å². The second kappa shape index (κ2) is 7.19. The van der Waals surface area contributed by atoms with Gasteiger partial charge in [-0.25, -0.2) is 4.98 Å². The SMILES string of the molecule is CN(C)C(=O)c1ccc(CSc2nc3ccccc3c(=O)n2C2CC2)cc1. The molecule has 1 fully saturated rings. The molecule has 1 amide bonds. The smallest absolute Gasteiger partial charge is 0.262 e. The number of aromatic nitrogens is 2. The molecule has 5 nitrogen and oxygen atoms in total. The van der Waals surface area contributed by atoms with Crippen molar-refractivity contribution in [2.75, 3.05) is 14.1 Å². The van der Waals surface area contributed by atoms with Gasteiger partial charge in [0.05, 0.1) is 10.9 Å². The summed E-state index contributed by atoms with van der Waals surface area (Å²) in [5.74, 6) is 0.696. The third kappa shape index (κ3) is 3.62. The lowest BCUT2D eigenvalue weighted by molar-refractivity contribution is 0.0827. The Morgan fingerprint density at radius 2 is 1.85 bits per heavy atom. The van der Waals surface area contributed by atoms with Crippen molar-refractivity contribution in [3.63, 3.8) is 0 Å². The molecule has 4 rings (SSSR count). The highest BCUT2D eigenvalue weighted by molar-refractivity contribution is 7.98. The lowest BCUT2D eigenvalue weighted by Gasteiger charge is -2.13. The van der Waals surface area contributed by atoms with Crippen LogP contribution in [0.3, 0.4) is 0 Å². The van der Waals surface area contributed by atoms with E-state index in [4.69, 9.17) is 4.98 Å². The zero-order chi connectivity index (χ0) is 19.0. The molecule has 1 aromatic heterocycles. The zero-order valence-electron chi connectivity index (χ0n) is 15.4. The highest BCUT2D eigenvalue weighted by Crippen LogP contribution is 2.37. The van der Waals surface area contributed by atoms with Gasteiger partial charge in [0.2, 0.25) is 0 Å². The summed E-state index contributed by atoms with van der Waals surface area (Å²) in [5.41, 5.74) is 2.57. The van der Waals surface area contributed by atoms with Crippen LogP contribution >= 0.6 is 11.8 Å². The van der Waals surface area contributed by atoms with Crippen LogP contribution in [0.15, 0.2) is 58.5 Å². The van der Waals surface area contributed by atoms with Crippen molar-refractivity contribution >= 4 is 28.6 Å². The molecule has 0 aliphatic heterocycles. The molecule has 138 valence electrons. The monoisotopic (exact) mass is 379 g/mol. The average Bonchev–Trinajstić information content (AvgIpc) is 3.51. The van der Waals surface area contributed by atoms with Gasteiger partial charge in [-0.3, -0.25) is 14.2 Å². The largest absolute Gasteiger partial charge is 0.345 e. The fourth-order valence-electron chi connectivity index (χ4n) is 3.03. The molecule has 0 unspecified atom stereocenters. The maximum absolute atomic E-state index is 12.9. The van der Waals surface area contributed by atoms with Crippen LogP contribution in [0.1, 0.15) is 34.8 Å². The summed E-state index contributed by atoms with van der Waals surface area (Å²) in [5, 5.41) is 1.45. The summed E-state index contributed by atoms with van der Waals surface area (Å²) in [6.07, 6.45) is 2.07. The summed E-state index contributed by atoms with van der Waals surface area (Å²) in [4.78, 5) is 31.2. The molecule has 2 aromatic carbocycles. The Hall–Kier alpha value is -2.60. The van der Waals surface area contributed by atoms with E-state index in [2.05, 4.69) is 0 Å². The molecule has 27 heavy (non-hydrogen) atoms. The molecule has 0 saturated heterocycles. The third-order valence-corrected chi connectivity index (χ3v) is 5.69. The van der Waals surface area contributed by atoms with E-state index < -0.39 is 0 Å². The molecule has 1 saturated carbocycles. The fourth-order valence-corrected chi connectivity index (χ4v) is 4.05. The van der Waals surface area contributed by atoms with Crippen LogP contribution in [-0.4, -0.2) is 34.5 Å². The maximum Gasteiger partial charge on any atom is 0.262 e. The first-order valence-corrected chi connectivity index (χ1v) is 9.98. The number of nitrogens with zero attached hydrogens (tertiary/aromatic N) is 3. The predicted molar refractivity (Wildman–Crippen MR) is 108 cm³/mol. The molecular formula is C21H21N3O2S. The average molecular weight is 379 g/mol. The van der Waals surface area contributed by atoms with E-state index in [1.807, 2.05) is 53.1 Å². The summed E-state index contributed by atoms with van der Waals surface area (Å²) in [6.45, 7) is 0. The first-order chi connectivity index (χ1) is 13.0. The van der Waals surface area contributed by atoms with Crippen molar-refractivity contribution in [1.29, 1.82) is 0 Å². The number of fused-ring (bicyclic) bond motifs is 1. The van der Waals surface area contributed by atoms with Crippen LogP contribution in [0.25, 0.3) is 10.9 Å². The minimum Gasteiger partial charge on any atom is -0.345 e. The second-order valence-electron chi connectivity index (χ2n) is 7.00. The molecule has 0 spiro atoms. The van der Waals surface area contributed by atoms with Gasteiger partial charge in [0.1, 0.15) is 0 Å². The van der Waals surface area contributed by atoms with Crippen molar-refractivity contribution in [2.45, 2.75) is 29.8 Å². The molecule has 0 atom stereocenters. The van der Waals surface area contributed by atoms with Gasteiger partial charge in [-0.15, -0.1) is 0 Å². The number of amides is 1. The number of thioether (sulfide) groups is 1. The van der Waals surface area contributed by atoms with Gasteiger partial charge in [0.15, 0.2) is 5.16 Å². The van der Waals surface area contributed by atoms with E-state index in [9.17, 15) is 9.59 Å². The summed E-state index contributed by atoms with van der Waals surface area (Å²) < 4.78 is 1.86. The number of benzene rings is 2. The zero-order valence-corrected chi connectivity index (χ0v) is 16.2. The molecule has 0 bridgehead atoms. The summed E-state index contributed by atoms with van der Waals surface area (Å²) in [6, 6.07) is 15.4. The second-order valence-corrected chi connectivity index (χ2v) is 7.95. The van der Waals surface area contributed by atoms with Crippen LogP contribution in [0.2, 0.25) is 0 Å². The van der Waals surface area contributed by atoms with Crippen molar-refractivity contribution in [3.05, 3.63) is 70.0 Å². The van der Waals surface area contributed by atoms with Crippen LogP contribution in [0.5, 0.6) is 0 Å². The fraction of sp³-hybridized carbons (Fsp3) is 0.286. The molecule has 0 N–H and O–H groups in total. The first kappa shape index (κ1) is 17.8. The molecule has 1 heterocycles. The van der Waals surface area contributed by atoms with Crippen molar-refractivity contribution in [1.82, 2.24) is 14.5 Å². The molecular weight excluding hydrogens is 358 g/mol. The first-order valence-electron chi connectivity index (χ1n) is 8.99. The Labute approximate surface area is 162 Å². The van der Waals surface area contributed by atoms with Crippen LogP contribution < -0.4 is 5.56 Å². The van der Waals surface area contributed by atoms with Crippen LogP contribution in [0, 0.1) is 0 Å². The van der Waals surface area contributed by atoms with Gasteiger partial charge in [0.25, 0.3) is 11.5 Å². The van der Waals surface area contributed by atoms with Crippen molar-refractivity contribution in [3.8, 4) is 0 Å². The highest BCUT2D eigenvalue weighted by Gasteiger charge is 2.28.